The van der Waals surface area contributed by atoms with Crippen molar-refractivity contribution in [2.45, 2.75) is 83.6 Å². The highest BCUT2D eigenvalue weighted by molar-refractivity contribution is 8.00. The monoisotopic (exact) mass is 639 g/mol. The number of benzene rings is 2. The molecule has 240 valence electrons. The van der Waals surface area contributed by atoms with E-state index in [1.165, 1.54) is 6.07 Å². The molecule has 0 atom stereocenters. The Morgan fingerprint density at radius 3 is 2.35 bits per heavy atom. The zero-order chi connectivity index (χ0) is 33.1. The third-order valence-corrected chi connectivity index (χ3v) is 9.77. The smallest absolute Gasteiger partial charge is 0.310 e. The van der Waals surface area contributed by atoms with Crippen molar-refractivity contribution in [3.63, 3.8) is 0 Å². The molecule has 0 bridgehead atoms. The molecule has 5 rings (SSSR count). The van der Waals surface area contributed by atoms with Crippen molar-refractivity contribution in [2.24, 2.45) is 5.41 Å². The van der Waals surface area contributed by atoms with E-state index in [0.29, 0.717) is 43.7 Å². The second-order valence-corrected chi connectivity index (χ2v) is 14.7. The van der Waals surface area contributed by atoms with Crippen LogP contribution in [0.3, 0.4) is 0 Å². The Morgan fingerprint density at radius 2 is 1.74 bits per heavy atom. The van der Waals surface area contributed by atoms with E-state index in [-0.39, 0.29) is 10.6 Å². The van der Waals surface area contributed by atoms with Gasteiger partial charge in [0.25, 0.3) is 0 Å². The van der Waals surface area contributed by atoms with Crippen LogP contribution in [0.5, 0.6) is 5.75 Å². The summed E-state index contributed by atoms with van der Waals surface area (Å²) < 4.78 is 22.8. The number of carboxylic acids is 1. The predicted molar refractivity (Wildman–Crippen MR) is 184 cm³/mol. The van der Waals surface area contributed by atoms with Crippen molar-refractivity contribution < 1.29 is 19.0 Å². The minimum absolute atomic E-state index is 0.130. The number of aryl methyl sites for hydroxylation is 1. The number of thioether (sulfide) groups is 1. The van der Waals surface area contributed by atoms with Gasteiger partial charge in [0.15, 0.2) is 0 Å². The summed E-state index contributed by atoms with van der Waals surface area (Å²) in [6, 6.07) is 20.9. The minimum atomic E-state index is -0.907. The number of aromatic nitrogens is 3. The number of fused-ring (bicyclic) bond motifs is 1. The van der Waals surface area contributed by atoms with E-state index < -0.39 is 11.4 Å². The van der Waals surface area contributed by atoms with Gasteiger partial charge in [-0.3, -0.25) is 14.8 Å². The number of pyridine rings is 2. The van der Waals surface area contributed by atoms with Crippen LogP contribution in [-0.2, 0) is 24.4 Å². The molecule has 3 aromatic heterocycles. The number of nitrogens with zero attached hydrogens (tertiary/aromatic N) is 3. The third kappa shape index (κ3) is 7.28. The first-order chi connectivity index (χ1) is 21.9. The lowest BCUT2D eigenvalue weighted by atomic mass is 9.78. The average molecular weight is 640 g/mol. The van der Waals surface area contributed by atoms with Gasteiger partial charge in [-0.2, -0.15) is 0 Å². The Balaban J connectivity index is 1.62. The van der Waals surface area contributed by atoms with Crippen LogP contribution in [0.1, 0.15) is 70.0 Å². The van der Waals surface area contributed by atoms with Crippen LogP contribution in [0, 0.1) is 18.2 Å². The summed E-state index contributed by atoms with van der Waals surface area (Å²) in [7, 11) is 0. The molecule has 2 aromatic carbocycles. The molecule has 46 heavy (non-hydrogen) atoms. The number of halogens is 1. The van der Waals surface area contributed by atoms with Gasteiger partial charge in [-0.05, 0) is 67.3 Å². The molecule has 1 N–H and O–H groups in total. The molecule has 0 aliphatic rings. The van der Waals surface area contributed by atoms with Crippen molar-refractivity contribution in [1.82, 2.24) is 14.5 Å². The Kier molecular flexibility index (Phi) is 9.87. The maximum atomic E-state index is 14.4. The second-order valence-electron chi connectivity index (χ2n) is 12.9. The maximum absolute atomic E-state index is 14.4. The van der Waals surface area contributed by atoms with Gasteiger partial charge in [0.05, 0.1) is 11.1 Å². The van der Waals surface area contributed by atoms with E-state index in [1.54, 1.807) is 24.0 Å². The fourth-order valence-electron chi connectivity index (χ4n) is 5.71. The Bertz CT molecular complexity index is 1820. The van der Waals surface area contributed by atoms with Crippen LogP contribution in [0.4, 0.5) is 4.39 Å². The van der Waals surface area contributed by atoms with E-state index in [0.717, 1.165) is 44.1 Å². The lowest BCUT2D eigenvalue weighted by Gasteiger charge is -2.29. The van der Waals surface area contributed by atoms with Gasteiger partial charge in [0.2, 0.25) is 0 Å². The van der Waals surface area contributed by atoms with Gasteiger partial charge in [-0.15, -0.1) is 11.8 Å². The molecular weight excluding hydrogens is 598 g/mol. The summed E-state index contributed by atoms with van der Waals surface area (Å²) in [4.78, 5) is 22.6. The molecule has 0 aliphatic heterocycles. The summed E-state index contributed by atoms with van der Waals surface area (Å²) >= 11 is 1.76. The molecule has 0 fully saturated rings. The largest absolute Gasteiger partial charge is 0.487 e. The van der Waals surface area contributed by atoms with Gasteiger partial charge in [-0.1, -0.05) is 65.0 Å². The maximum Gasteiger partial charge on any atom is 0.310 e. The minimum Gasteiger partial charge on any atom is -0.487 e. The van der Waals surface area contributed by atoms with Gasteiger partial charge in [0.1, 0.15) is 23.9 Å². The summed E-state index contributed by atoms with van der Waals surface area (Å²) in [5, 5.41) is 11.5. The molecule has 0 saturated carbocycles. The first-order valence-electron chi connectivity index (χ1n) is 15.7. The molecule has 0 amide bonds. The first-order valence-corrected chi connectivity index (χ1v) is 16.6. The molecule has 0 saturated heterocycles. The molecule has 0 spiro atoms. The quantitative estimate of drug-likeness (QED) is 0.137. The van der Waals surface area contributed by atoms with Gasteiger partial charge >= 0.3 is 5.97 Å². The van der Waals surface area contributed by atoms with Gasteiger partial charge in [0, 0.05) is 57.2 Å². The summed E-state index contributed by atoms with van der Waals surface area (Å²) in [6.45, 7) is 13.3. The molecule has 0 aliphatic carbocycles. The van der Waals surface area contributed by atoms with E-state index in [4.69, 9.17) is 4.74 Å². The first kappa shape index (κ1) is 33.2. The highest BCUT2D eigenvalue weighted by Gasteiger charge is 2.38. The van der Waals surface area contributed by atoms with Crippen molar-refractivity contribution in [3.8, 4) is 17.0 Å². The van der Waals surface area contributed by atoms with Gasteiger partial charge in [-0.25, -0.2) is 4.39 Å². The predicted octanol–water partition coefficient (Wildman–Crippen LogP) is 9.50. The van der Waals surface area contributed by atoms with Crippen molar-refractivity contribution in [3.05, 3.63) is 107 Å². The molecule has 5 aromatic rings. The summed E-state index contributed by atoms with van der Waals surface area (Å²) in [6.07, 6.45) is 4.85. The van der Waals surface area contributed by atoms with E-state index in [9.17, 15) is 14.3 Å². The van der Waals surface area contributed by atoms with Crippen LogP contribution in [0.2, 0.25) is 0 Å². The number of hydrogen-bond acceptors (Lipinski definition) is 5. The Labute approximate surface area is 275 Å². The number of aliphatic carboxylic acids is 1. The number of hydrogen-bond donors (Lipinski definition) is 1. The van der Waals surface area contributed by atoms with Crippen LogP contribution in [0.25, 0.3) is 22.2 Å². The lowest BCUT2D eigenvalue weighted by molar-refractivity contribution is -0.149. The van der Waals surface area contributed by atoms with Gasteiger partial charge < -0.3 is 14.4 Å². The summed E-state index contributed by atoms with van der Waals surface area (Å²) in [5.74, 6) is -0.415. The normalized spacial score (nSPS) is 12.1. The van der Waals surface area contributed by atoms with E-state index >= 15 is 0 Å². The standard InChI is InChI=1S/C38H42FN3O3S/c1-7-38(8-2,36(43)44)21-33-35(46-37(4,5)6)30-20-29(45-24-28-16-11-25(3)22-41-28)17-18-32(30)42(33)23-26-12-14-27(15-13-26)34-31(39)10-9-19-40-34/h9-20,22H,7-8,21,23-24H2,1-6H3,(H,43,44). The lowest BCUT2D eigenvalue weighted by Crippen LogP contribution is -2.33. The molecule has 0 unspecified atom stereocenters. The Morgan fingerprint density at radius 1 is 1.00 bits per heavy atom. The third-order valence-electron chi connectivity index (χ3n) is 8.50. The zero-order valence-corrected chi connectivity index (χ0v) is 28.2. The molecular formula is C38H42FN3O3S. The van der Waals surface area contributed by atoms with Crippen molar-refractivity contribution in [2.75, 3.05) is 0 Å². The number of carboxylic acid groups (broad SMARTS) is 1. The number of ether oxygens (including phenoxy) is 1. The van der Waals surface area contributed by atoms with Crippen molar-refractivity contribution in [1.29, 1.82) is 0 Å². The van der Waals surface area contributed by atoms with Crippen LogP contribution >= 0.6 is 11.8 Å². The molecule has 6 nitrogen and oxygen atoms in total. The van der Waals surface area contributed by atoms with E-state index in [2.05, 4.69) is 47.4 Å². The van der Waals surface area contributed by atoms with Crippen molar-refractivity contribution >= 4 is 28.6 Å². The Hall–Kier alpha value is -4.17. The van der Waals surface area contributed by atoms with Crippen LogP contribution in [0.15, 0.2) is 84.0 Å². The van der Waals surface area contributed by atoms with Crippen LogP contribution < -0.4 is 4.74 Å². The molecule has 8 heteroatoms. The summed E-state index contributed by atoms with van der Waals surface area (Å²) in [5.41, 5.74) is 5.08. The highest BCUT2D eigenvalue weighted by Crippen LogP contribution is 2.45. The average Bonchev–Trinajstić information content (AvgIpc) is 3.29. The molecule has 0 radical (unpaired) electrons. The number of carbonyl (C=O) groups is 1. The topological polar surface area (TPSA) is 77.2 Å². The van der Waals surface area contributed by atoms with Crippen LogP contribution in [-0.4, -0.2) is 30.4 Å². The zero-order valence-electron chi connectivity index (χ0n) is 27.4. The SMILES string of the molecule is CCC(CC)(Cc1c(SC(C)(C)C)c2cc(OCc3ccc(C)cn3)ccc2n1Cc1ccc(-c2ncccc2F)cc1)C(=O)O. The molecule has 3 heterocycles. The second kappa shape index (κ2) is 13.7. The van der Waals surface area contributed by atoms with E-state index in [1.807, 2.05) is 69.4 Å². The fraction of sp³-hybridized carbons (Fsp3) is 0.342. The highest BCUT2D eigenvalue weighted by atomic mass is 32.2. The fourth-order valence-corrected chi connectivity index (χ4v) is 6.90. The number of rotatable bonds is 12.